The first-order valence-electron chi connectivity index (χ1n) is 18.4. The monoisotopic (exact) mass is 884 g/mol. The van der Waals surface area contributed by atoms with E-state index < -0.39 is 0 Å². The van der Waals surface area contributed by atoms with Crippen molar-refractivity contribution in [3.05, 3.63) is 154 Å². The fraction of sp³-hybridized carbons (Fsp3) is 0.125. The van der Waals surface area contributed by atoms with E-state index in [0.717, 1.165) is 51.6 Å². The summed E-state index contributed by atoms with van der Waals surface area (Å²) in [5.41, 5.74) is 11.6. The van der Waals surface area contributed by atoms with Crippen LogP contribution in [0.4, 0.5) is 0 Å². The standard InChI is InChI=1S/C48H28N4O2S6/c1-55-47(56-2)41-31-17-34-32(18-33(31)45-37(41)15-25(59-45)13-35-39(23(19-49)20-50)27-9-5-7-11-29(27)43(35)53)42(48(57-3)58-4)38-16-26(60-46(34)38)14-36-40(24(21-51)22-52)28-10-6-8-12-30(28)44(36)54/h5-18,41,47H,1-4H3/b35-13-,36-14-. The second-order valence-corrected chi connectivity index (χ2v) is 20.3. The number of Topliss-reactive ketones (excluding diaryl/α,β-unsaturated/α-hetero) is 2. The lowest BCUT2D eigenvalue weighted by Gasteiger charge is -2.22. The summed E-state index contributed by atoms with van der Waals surface area (Å²) < 4.78 is 1.35. The molecule has 4 aliphatic rings. The van der Waals surface area contributed by atoms with Gasteiger partial charge in [-0.1, -0.05) is 48.5 Å². The number of nitrogens with zero attached hydrogens (tertiary/aromatic N) is 4. The molecule has 6 nitrogen and oxygen atoms in total. The quantitative estimate of drug-likeness (QED) is 0.0868. The molecule has 2 aromatic heterocycles. The molecule has 9 rings (SSSR count). The summed E-state index contributed by atoms with van der Waals surface area (Å²) in [6, 6.07) is 31.4. The first-order chi connectivity index (χ1) is 29.2. The zero-order chi connectivity index (χ0) is 42.0. The minimum absolute atomic E-state index is 0.0465. The first-order valence-corrected chi connectivity index (χ1v) is 25.1. The van der Waals surface area contributed by atoms with Crippen LogP contribution in [0.3, 0.4) is 0 Å². The van der Waals surface area contributed by atoms with Crippen LogP contribution in [0.1, 0.15) is 69.8 Å². The fourth-order valence-electron chi connectivity index (χ4n) is 8.73. The smallest absolute Gasteiger partial charge is 0.194 e. The third-order valence-corrected chi connectivity index (χ3v) is 18.2. The maximum Gasteiger partial charge on any atom is 0.194 e. The lowest BCUT2D eigenvalue weighted by atomic mass is 9.94. The van der Waals surface area contributed by atoms with Crippen molar-refractivity contribution in [1.29, 1.82) is 21.0 Å². The predicted octanol–water partition coefficient (Wildman–Crippen LogP) is 12.6. The molecule has 4 aliphatic carbocycles. The van der Waals surface area contributed by atoms with E-state index in [4.69, 9.17) is 0 Å². The predicted molar refractivity (Wildman–Crippen MR) is 253 cm³/mol. The van der Waals surface area contributed by atoms with Gasteiger partial charge < -0.3 is 0 Å². The zero-order valence-corrected chi connectivity index (χ0v) is 37.2. The molecule has 5 aromatic rings. The summed E-state index contributed by atoms with van der Waals surface area (Å²) in [5.74, 6) is -0.348. The number of thiophene rings is 2. The van der Waals surface area contributed by atoms with Gasteiger partial charge in [0.2, 0.25) is 0 Å². The van der Waals surface area contributed by atoms with Crippen LogP contribution in [0, 0.1) is 45.3 Å². The Balaban J connectivity index is 1.21. The number of thioether (sulfide) groups is 4. The van der Waals surface area contributed by atoms with E-state index in [9.17, 15) is 30.6 Å². The number of fused-ring (bicyclic) bond motifs is 8. The summed E-state index contributed by atoms with van der Waals surface area (Å²) in [6.07, 6.45) is 12.1. The number of nitriles is 4. The van der Waals surface area contributed by atoms with Crippen molar-refractivity contribution in [2.75, 3.05) is 25.0 Å². The lowest BCUT2D eigenvalue weighted by Crippen LogP contribution is -2.10. The van der Waals surface area contributed by atoms with Crippen LogP contribution in [0.2, 0.25) is 0 Å². The van der Waals surface area contributed by atoms with Crippen LogP contribution in [0.5, 0.6) is 0 Å². The van der Waals surface area contributed by atoms with Gasteiger partial charge in [0.05, 0.1) is 4.58 Å². The number of rotatable bonds is 7. The number of hydrogen-bond donors (Lipinski definition) is 0. The zero-order valence-electron chi connectivity index (χ0n) is 32.3. The highest BCUT2D eigenvalue weighted by molar-refractivity contribution is 8.22. The van der Waals surface area contributed by atoms with Gasteiger partial charge in [-0.3, -0.25) is 9.59 Å². The molecule has 1 unspecified atom stereocenters. The van der Waals surface area contributed by atoms with Crippen molar-refractivity contribution < 1.29 is 9.59 Å². The summed E-state index contributed by atoms with van der Waals surface area (Å²) in [4.78, 5) is 31.7. The van der Waals surface area contributed by atoms with Crippen molar-refractivity contribution in [2.45, 2.75) is 10.5 Å². The normalized spacial score (nSPS) is 16.6. The van der Waals surface area contributed by atoms with Crippen molar-refractivity contribution in [1.82, 2.24) is 0 Å². The molecule has 0 saturated heterocycles. The highest BCUT2D eigenvalue weighted by atomic mass is 32.2. The second kappa shape index (κ2) is 15.8. The van der Waals surface area contributed by atoms with Gasteiger partial charge in [0, 0.05) is 79.8 Å². The molecule has 60 heavy (non-hydrogen) atoms. The Morgan fingerprint density at radius 1 is 0.567 bits per heavy atom. The average molecular weight is 885 g/mol. The Labute approximate surface area is 372 Å². The SMILES string of the molecule is CSC(SC)=C1c2cc3c(cc2-c2sc(/C=C4\C(=O)c5ccccc5C4=C(C#N)C#N)cc21)C(C(SC)SC)c1cc(/C=C2\C(=O)c4ccccc4C2=C(C#N)C#N)sc1-3. The Kier molecular flexibility index (Phi) is 10.5. The summed E-state index contributed by atoms with van der Waals surface area (Å²) in [5, 5.41) is 39.7. The van der Waals surface area contributed by atoms with Gasteiger partial charge in [0.1, 0.15) is 35.4 Å². The molecular formula is C48H28N4O2S6. The molecule has 2 heterocycles. The first kappa shape index (κ1) is 39.9. The van der Waals surface area contributed by atoms with Gasteiger partial charge in [-0.15, -0.1) is 46.2 Å². The van der Waals surface area contributed by atoms with E-state index >= 15 is 0 Å². The minimum atomic E-state index is -0.200. The Bertz CT molecular complexity index is 3100. The Hall–Kier alpha value is -5.54. The minimum Gasteiger partial charge on any atom is -0.289 e. The van der Waals surface area contributed by atoms with Gasteiger partial charge in [0.25, 0.3) is 0 Å². The summed E-state index contributed by atoms with van der Waals surface area (Å²) >= 11 is 10.3. The molecule has 0 fully saturated rings. The van der Waals surface area contributed by atoms with Gasteiger partial charge in [-0.05, 0) is 94.8 Å². The molecule has 12 heteroatoms. The van der Waals surface area contributed by atoms with Gasteiger partial charge in [-0.2, -0.15) is 44.6 Å². The van der Waals surface area contributed by atoms with Crippen LogP contribution >= 0.6 is 69.7 Å². The molecular weight excluding hydrogens is 857 g/mol. The molecule has 3 aromatic carbocycles. The Morgan fingerprint density at radius 2 is 1.07 bits per heavy atom. The van der Waals surface area contributed by atoms with Crippen molar-refractivity contribution in [3.63, 3.8) is 0 Å². The van der Waals surface area contributed by atoms with Crippen molar-refractivity contribution in [2.24, 2.45) is 0 Å². The summed E-state index contributed by atoms with van der Waals surface area (Å²) in [6.45, 7) is 0. The number of benzene rings is 3. The lowest BCUT2D eigenvalue weighted by molar-refractivity contribution is 0.103. The highest BCUT2D eigenvalue weighted by Gasteiger charge is 2.41. The summed E-state index contributed by atoms with van der Waals surface area (Å²) in [7, 11) is 0. The Morgan fingerprint density at radius 3 is 1.57 bits per heavy atom. The molecule has 288 valence electrons. The fourth-order valence-corrected chi connectivity index (χ4v) is 14.5. The molecule has 0 saturated carbocycles. The van der Waals surface area contributed by atoms with Crippen LogP contribution in [-0.2, 0) is 0 Å². The molecule has 1 atom stereocenters. The topological polar surface area (TPSA) is 129 Å². The van der Waals surface area contributed by atoms with E-state index in [1.807, 2.05) is 72.1 Å². The number of allylic oxidation sites excluding steroid dienone is 6. The molecule has 0 amide bonds. The van der Waals surface area contributed by atoms with Crippen LogP contribution in [0.25, 0.3) is 49.8 Å². The van der Waals surface area contributed by atoms with E-state index in [2.05, 4.69) is 49.3 Å². The van der Waals surface area contributed by atoms with Gasteiger partial charge in [-0.25, -0.2) is 0 Å². The highest BCUT2D eigenvalue weighted by Crippen LogP contribution is 2.60. The molecule has 0 spiro atoms. The maximum atomic E-state index is 13.8. The number of hydrogen-bond acceptors (Lipinski definition) is 12. The van der Waals surface area contributed by atoms with Crippen molar-refractivity contribution >= 4 is 110 Å². The van der Waals surface area contributed by atoms with E-state index in [-0.39, 0.29) is 33.2 Å². The third-order valence-electron chi connectivity index (χ3n) is 11.2. The van der Waals surface area contributed by atoms with Crippen molar-refractivity contribution in [3.8, 4) is 45.2 Å². The third kappa shape index (κ3) is 5.98. The molecule has 0 radical (unpaired) electrons. The number of carbonyl (C=O) groups is 2. The van der Waals surface area contributed by atoms with Crippen LogP contribution < -0.4 is 0 Å². The number of ketones is 2. The molecule has 0 bridgehead atoms. The number of carbonyl (C=O) groups excluding carboxylic acids is 2. The molecule has 0 aliphatic heterocycles. The van der Waals surface area contributed by atoms with E-state index in [1.165, 1.54) is 11.1 Å². The van der Waals surface area contributed by atoms with E-state index in [0.29, 0.717) is 44.5 Å². The second-order valence-electron chi connectivity index (χ2n) is 14.0. The average Bonchev–Trinajstić information content (AvgIpc) is 4.10. The maximum absolute atomic E-state index is 13.8. The van der Waals surface area contributed by atoms with Gasteiger partial charge >= 0.3 is 0 Å². The largest absolute Gasteiger partial charge is 0.289 e. The van der Waals surface area contributed by atoms with Crippen LogP contribution in [-0.4, -0.2) is 41.2 Å². The van der Waals surface area contributed by atoms with Crippen LogP contribution in [0.15, 0.2) is 99.3 Å². The van der Waals surface area contributed by atoms with Gasteiger partial charge in [0.15, 0.2) is 11.6 Å². The molecule has 0 N–H and O–H groups in total. The van der Waals surface area contributed by atoms with E-state index in [1.54, 1.807) is 82.6 Å².